The molecule has 0 heterocycles. The summed E-state index contributed by atoms with van der Waals surface area (Å²) in [6, 6.07) is 7.89. The van der Waals surface area contributed by atoms with Crippen LogP contribution in [0.3, 0.4) is 0 Å². The van der Waals surface area contributed by atoms with E-state index in [0.717, 1.165) is 5.69 Å². The van der Waals surface area contributed by atoms with Gasteiger partial charge in [0.1, 0.15) is 3.72 Å². The van der Waals surface area contributed by atoms with Crippen molar-refractivity contribution in [2.45, 2.75) is 0 Å². The summed E-state index contributed by atoms with van der Waals surface area (Å²) >= 11 is 4.26. The van der Waals surface area contributed by atoms with Crippen LogP contribution in [0.15, 0.2) is 34.4 Å². The summed E-state index contributed by atoms with van der Waals surface area (Å²) in [4.78, 5) is 4.17. The van der Waals surface area contributed by atoms with Gasteiger partial charge in [0.05, 0.1) is 11.9 Å². The molecule has 0 bridgehead atoms. The molecule has 0 fully saturated rings. The minimum atomic E-state index is 0.677. The zero-order valence-electron chi connectivity index (χ0n) is 6.61. The van der Waals surface area contributed by atoms with Crippen molar-refractivity contribution in [3.8, 4) is 0 Å². The van der Waals surface area contributed by atoms with Crippen LogP contribution >= 0.6 is 45.2 Å². The third-order valence-electron chi connectivity index (χ3n) is 1.27. The van der Waals surface area contributed by atoms with E-state index in [1.165, 1.54) is 3.57 Å². The van der Waals surface area contributed by atoms with Crippen molar-refractivity contribution in [1.82, 2.24) is 0 Å². The fourth-order valence-corrected chi connectivity index (χ4v) is 1.19. The minimum absolute atomic E-state index is 0.677. The topological polar surface area (TPSA) is 50.7 Å². The highest BCUT2D eigenvalue weighted by Crippen LogP contribution is 2.13. The highest BCUT2D eigenvalue weighted by molar-refractivity contribution is 14.1. The van der Waals surface area contributed by atoms with Gasteiger partial charge in [-0.2, -0.15) is 5.10 Å². The molecular formula is C8H7I2N3. The van der Waals surface area contributed by atoms with Crippen molar-refractivity contribution >= 4 is 60.8 Å². The smallest absolute Gasteiger partial charge is 0.139 e. The van der Waals surface area contributed by atoms with Gasteiger partial charge >= 0.3 is 0 Å². The predicted molar refractivity (Wildman–Crippen MR) is 73.0 cm³/mol. The molecule has 0 aliphatic rings. The van der Waals surface area contributed by atoms with Crippen LogP contribution in [0.2, 0.25) is 0 Å². The van der Waals surface area contributed by atoms with Crippen LogP contribution in [0.4, 0.5) is 5.69 Å². The van der Waals surface area contributed by atoms with Crippen LogP contribution in [-0.4, -0.2) is 9.93 Å². The highest BCUT2D eigenvalue weighted by atomic mass is 127. The van der Waals surface area contributed by atoms with Gasteiger partial charge in [-0.25, -0.2) is 0 Å². The van der Waals surface area contributed by atoms with Gasteiger partial charge in [-0.05, 0) is 69.4 Å². The lowest BCUT2D eigenvalue weighted by atomic mass is 10.3. The summed E-state index contributed by atoms with van der Waals surface area (Å²) in [5.41, 5.74) is 0.901. The lowest BCUT2D eigenvalue weighted by Crippen LogP contribution is -1.92. The molecule has 1 aromatic carbocycles. The zero-order valence-corrected chi connectivity index (χ0v) is 10.9. The second-order valence-corrected chi connectivity index (χ2v) is 4.54. The fraction of sp³-hybridized carbons (Fsp3) is 0. The van der Waals surface area contributed by atoms with Gasteiger partial charge in [0, 0.05) is 3.57 Å². The molecule has 2 N–H and O–H groups in total. The number of nitrogens with zero attached hydrogens (tertiary/aromatic N) is 2. The Morgan fingerprint density at radius 3 is 2.46 bits per heavy atom. The quantitative estimate of drug-likeness (QED) is 0.354. The Bertz CT molecular complexity index is 330. The van der Waals surface area contributed by atoms with E-state index in [4.69, 9.17) is 5.84 Å². The largest absolute Gasteiger partial charge is 0.322 e. The van der Waals surface area contributed by atoms with Crippen LogP contribution < -0.4 is 5.84 Å². The average molecular weight is 399 g/mol. The molecule has 0 spiro atoms. The summed E-state index contributed by atoms with van der Waals surface area (Å²) in [6.07, 6.45) is 1.63. The number of nitrogens with two attached hydrogens (primary N) is 1. The molecular weight excluding hydrogens is 392 g/mol. The molecule has 68 valence electrons. The zero-order chi connectivity index (χ0) is 9.68. The van der Waals surface area contributed by atoms with Gasteiger partial charge in [-0.15, -0.1) is 0 Å². The van der Waals surface area contributed by atoms with Crippen molar-refractivity contribution in [1.29, 1.82) is 0 Å². The van der Waals surface area contributed by atoms with E-state index < -0.39 is 0 Å². The first-order chi connectivity index (χ1) is 6.22. The second kappa shape index (κ2) is 5.53. The SMILES string of the molecule is NN=C(I)C=Nc1ccc(I)cc1. The fourth-order valence-electron chi connectivity index (χ4n) is 0.688. The highest BCUT2D eigenvalue weighted by Gasteiger charge is 1.89. The van der Waals surface area contributed by atoms with E-state index in [1.807, 2.05) is 46.9 Å². The summed E-state index contributed by atoms with van der Waals surface area (Å²) in [7, 11) is 0. The minimum Gasteiger partial charge on any atom is -0.322 e. The summed E-state index contributed by atoms with van der Waals surface area (Å²) in [5.74, 6) is 5.05. The molecule has 3 nitrogen and oxygen atoms in total. The summed E-state index contributed by atoms with van der Waals surface area (Å²) in [6.45, 7) is 0. The summed E-state index contributed by atoms with van der Waals surface area (Å²) < 4.78 is 1.87. The number of aliphatic imine (C=N–C) groups is 1. The Balaban J connectivity index is 2.75. The molecule has 0 saturated carbocycles. The van der Waals surface area contributed by atoms with Gasteiger partial charge in [0.25, 0.3) is 0 Å². The molecule has 0 saturated heterocycles. The second-order valence-electron chi connectivity index (χ2n) is 2.19. The Morgan fingerprint density at radius 2 is 1.92 bits per heavy atom. The Hall–Kier alpha value is -0.180. The maximum atomic E-state index is 5.05. The standard InChI is InChI=1S/C8H7I2N3/c9-6-1-3-7(4-2-6)12-5-8(10)13-11/h1-5H,11H2. The first-order valence-electron chi connectivity index (χ1n) is 3.45. The van der Waals surface area contributed by atoms with E-state index >= 15 is 0 Å². The lowest BCUT2D eigenvalue weighted by molar-refractivity contribution is 1.27. The first kappa shape index (κ1) is 10.9. The first-order valence-corrected chi connectivity index (χ1v) is 5.61. The lowest BCUT2D eigenvalue weighted by Gasteiger charge is -1.92. The average Bonchev–Trinajstić information content (AvgIpc) is 2.16. The molecule has 0 amide bonds. The van der Waals surface area contributed by atoms with Crippen molar-refractivity contribution in [2.75, 3.05) is 0 Å². The Kier molecular flexibility index (Phi) is 4.64. The van der Waals surface area contributed by atoms with Crippen molar-refractivity contribution < 1.29 is 0 Å². The molecule has 0 aromatic heterocycles. The molecule has 0 radical (unpaired) electrons. The van der Waals surface area contributed by atoms with Gasteiger partial charge < -0.3 is 5.84 Å². The third kappa shape index (κ3) is 4.03. The number of hydrogen-bond acceptors (Lipinski definition) is 3. The molecule has 0 atom stereocenters. The number of rotatable bonds is 2. The maximum absolute atomic E-state index is 5.05. The van der Waals surface area contributed by atoms with E-state index in [1.54, 1.807) is 6.21 Å². The molecule has 0 unspecified atom stereocenters. The van der Waals surface area contributed by atoms with Crippen LogP contribution in [0.25, 0.3) is 0 Å². The van der Waals surface area contributed by atoms with Crippen molar-refractivity contribution in [3.63, 3.8) is 0 Å². The summed E-state index contributed by atoms with van der Waals surface area (Å²) in [5, 5.41) is 3.47. The van der Waals surface area contributed by atoms with Gasteiger partial charge in [-0.3, -0.25) is 4.99 Å². The van der Waals surface area contributed by atoms with E-state index in [9.17, 15) is 0 Å². The maximum Gasteiger partial charge on any atom is 0.139 e. The Morgan fingerprint density at radius 1 is 1.31 bits per heavy atom. The number of hydrogen-bond donors (Lipinski definition) is 1. The van der Waals surface area contributed by atoms with Crippen LogP contribution in [-0.2, 0) is 0 Å². The third-order valence-corrected chi connectivity index (χ3v) is 2.55. The van der Waals surface area contributed by atoms with Gasteiger partial charge in [0.2, 0.25) is 0 Å². The van der Waals surface area contributed by atoms with E-state index in [-0.39, 0.29) is 0 Å². The predicted octanol–water partition coefficient (Wildman–Crippen LogP) is 2.70. The number of hydrazone groups is 1. The van der Waals surface area contributed by atoms with E-state index in [0.29, 0.717) is 3.72 Å². The monoisotopic (exact) mass is 399 g/mol. The Labute approximate surface area is 104 Å². The van der Waals surface area contributed by atoms with Crippen LogP contribution in [0.1, 0.15) is 0 Å². The number of benzene rings is 1. The molecule has 0 aliphatic heterocycles. The van der Waals surface area contributed by atoms with E-state index in [2.05, 4.69) is 32.7 Å². The van der Waals surface area contributed by atoms with Crippen molar-refractivity contribution in [3.05, 3.63) is 27.8 Å². The molecule has 13 heavy (non-hydrogen) atoms. The van der Waals surface area contributed by atoms with Crippen LogP contribution in [0, 0.1) is 3.57 Å². The van der Waals surface area contributed by atoms with Gasteiger partial charge in [-0.1, -0.05) is 0 Å². The van der Waals surface area contributed by atoms with Crippen LogP contribution in [0.5, 0.6) is 0 Å². The molecule has 5 heteroatoms. The normalized spacial score (nSPS) is 12.3. The molecule has 1 rings (SSSR count). The van der Waals surface area contributed by atoms with Crippen molar-refractivity contribution in [2.24, 2.45) is 15.9 Å². The van der Waals surface area contributed by atoms with Gasteiger partial charge in [0.15, 0.2) is 0 Å². The number of halogens is 2. The molecule has 1 aromatic rings. The molecule has 0 aliphatic carbocycles.